The Morgan fingerprint density at radius 2 is 1.55 bits per heavy atom. The van der Waals surface area contributed by atoms with Crippen LogP contribution in [0.5, 0.6) is 17.2 Å². The molecule has 1 aromatic heterocycles. The summed E-state index contributed by atoms with van der Waals surface area (Å²) < 4.78 is 16.5. The maximum Gasteiger partial charge on any atom is 0.203 e. The average Bonchev–Trinajstić information content (AvgIpc) is 3.24. The number of para-hydroxylation sites is 1. The number of rotatable bonds is 7. The molecule has 1 N–H and O–H groups in total. The van der Waals surface area contributed by atoms with Gasteiger partial charge in [0.1, 0.15) is 11.6 Å². The van der Waals surface area contributed by atoms with E-state index in [1.54, 1.807) is 51.7 Å². The normalized spacial score (nSPS) is 11.2. The largest absolute Gasteiger partial charge is 0.493 e. The van der Waals surface area contributed by atoms with Crippen LogP contribution in [0.25, 0.3) is 28.2 Å². The van der Waals surface area contributed by atoms with E-state index >= 15 is 0 Å². The van der Waals surface area contributed by atoms with Crippen molar-refractivity contribution in [3.63, 3.8) is 0 Å². The van der Waals surface area contributed by atoms with Crippen molar-refractivity contribution in [2.24, 2.45) is 0 Å². The lowest BCUT2D eigenvalue weighted by molar-refractivity contribution is 0.104. The van der Waals surface area contributed by atoms with Gasteiger partial charge in [-0.2, -0.15) is 5.26 Å². The molecule has 4 rings (SSSR count). The minimum absolute atomic E-state index is 0.0413. The van der Waals surface area contributed by atoms with Crippen molar-refractivity contribution in [1.82, 2.24) is 4.98 Å². The Balaban J connectivity index is 1.95. The quantitative estimate of drug-likeness (QED) is 0.229. The lowest BCUT2D eigenvalue weighted by atomic mass is 9.98. The highest BCUT2D eigenvalue weighted by atomic mass is 16.5. The third-order valence-electron chi connectivity index (χ3n) is 5.39. The number of fused-ring (bicyclic) bond motifs is 1. The summed E-state index contributed by atoms with van der Waals surface area (Å²) in [6.45, 7) is 0. The Hall–Kier alpha value is -4.50. The molecule has 0 saturated carbocycles. The summed E-state index contributed by atoms with van der Waals surface area (Å²) in [5, 5.41) is 10.7. The molecule has 1 heterocycles. The molecule has 6 nitrogen and oxygen atoms in total. The zero-order valence-electron chi connectivity index (χ0n) is 18.5. The van der Waals surface area contributed by atoms with E-state index in [0.717, 1.165) is 27.7 Å². The van der Waals surface area contributed by atoms with Crippen molar-refractivity contribution in [2.45, 2.75) is 0 Å². The summed E-state index contributed by atoms with van der Waals surface area (Å²) in [6.07, 6.45) is 1.63. The van der Waals surface area contributed by atoms with E-state index in [9.17, 15) is 10.1 Å². The number of aromatic nitrogens is 1. The van der Waals surface area contributed by atoms with E-state index in [4.69, 9.17) is 14.2 Å². The molecule has 3 aromatic carbocycles. The van der Waals surface area contributed by atoms with E-state index in [-0.39, 0.29) is 11.4 Å². The molecule has 0 aliphatic carbocycles. The molecule has 4 aromatic rings. The fourth-order valence-corrected chi connectivity index (χ4v) is 3.80. The van der Waals surface area contributed by atoms with Crippen LogP contribution in [-0.4, -0.2) is 32.1 Å². The zero-order valence-corrected chi connectivity index (χ0v) is 18.5. The monoisotopic (exact) mass is 438 g/mol. The van der Waals surface area contributed by atoms with E-state index in [1.165, 1.54) is 0 Å². The van der Waals surface area contributed by atoms with Crippen molar-refractivity contribution in [1.29, 1.82) is 5.26 Å². The van der Waals surface area contributed by atoms with Gasteiger partial charge in [-0.1, -0.05) is 48.5 Å². The van der Waals surface area contributed by atoms with E-state index in [1.807, 2.05) is 42.5 Å². The maximum atomic E-state index is 13.0. The smallest absolute Gasteiger partial charge is 0.203 e. The SMILES string of the molecule is COc1cc(-c2[nH]c3ccccc3c2/C=C(\C#N)C(=O)c2ccccc2)cc(OC)c1OC. The first-order valence-corrected chi connectivity index (χ1v) is 10.2. The molecule has 0 radical (unpaired) electrons. The second kappa shape index (κ2) is 9.33. The highest BCUT2D eigenvalue weighted by Crippen LogP contribution is 2.43. The molecule has 164 valence electrons. The van der Waals surface area contributed by atoms with Gasteiger partial charge in [0.15, 0.2) is 11.5 Å². The summed E-state index contributed by atoms with van der Waals surface area (Å²) >= 11 is 0. The van der Waals surface area contributed by atoms with Gasteiger partial charge in [0.25, 0.3) is 0 Å². The van der Waals surface area contributed by atoms with Crippen molar-refractivity contribution in [2.75, 3.05) is 21.3 Å². The molecule has 0 aliphatic rings. The molecular weight excluding hydrogens is 416 g/mol. The summed E-state index contributed by atoms with van der Waals surface area (Å²) in [5.74, 6) is 1.15. The first kappa shape index (κ1) is 21.7. The number of carbonyl (C=O) groups is 1. The van der Waals surface area contributed by atoms with Gasteiger partial charge in [0.2, 0.25) is 11.5 Å². The Labute approximate surface area is 191 Å². The standard InChI is InChI=1S/C27H22N2O4/c1-31-23-14-18(15-24(32-2)27(23)33-3)25-21(20-11-7-8-12-22(20)29-25)13-19(16-28)26(30)17-9-5-4-6-10-17/h4-15,29H,1-3H3/b19-13+. The number of nitrogens with one attached hydrogen (secondary N) is 1. The third-order valence-corrected chi connectivity index (χ3v) is 5.39. The number of aromatic amines is 1. The topological polar surface area (TPSA) is 84.3 Å². The molecule has 0 fully saturated rings. The van der Waals surface area contributed by atoms with E-state index in [0.29, 0.717) is 22.8 Å². The second-order valence-corrected chi connectivity index (χ2v) is 7.24. The molecule has 0 saturated heterocycles. The van der Waals surface area contributed by atoms with E-state index < -0.39 is 0 Å². The predicted octanol–water partition coefficient (Wildman–Crippen LogP) is 5.65. The number of allylic oxidation sites excluding steroid dienone is 1. The van der Waals surface area contributed by atoms with Crippen LogP contribution in [0.3, 0.4) is 0 Å². The minimum atomic E-state index is -0.334. The van der Waals surface area contributed by atoms with Gasteiger partial charge in [0.05, 0.1) is 27.0 Å². The molecule has 0 unspecified atom stereocenters. The van der Waals surface area contributed by atoms with Gasteiger partial charge in [-0.25, -0.2) is 0 Å². The highest BCUT2D eigenvalue weighted by Gasteiger charge is 2.20. The van der Waals surface area contributed by atoms with Gasteiger partial charge < -0.3 is 19.2 Å². The van der Waals surface area contributed by atoms with Crippen LogP contribution in [0, 0.1) is 11.3 Å². The average molecular weight is 438 g/mol. The van der Waals surface area contributed by atoms with Crippen LogP contribution < -0.4 is 14.2 Å². The van der Waals surface area contributed by atoms with Crippen molar-refractivity contribution < 1.29 is 19.0 Å². The van der Waals surface area contributed by atoms with Gasteiger partial charge >= 0.3 is 0 Å². The number of ketones is 1. The molecule has 0 atom stereocenters. The Morgan fingerprint density at radius 1 is 0.909 bits per heavy atom. The molecule has 0 amide bonds. The minimum Gasteiger partial charge on any atom is -0.493 e. The van der Waals surface area contributed by atoms with E-state index in [2.05, 4.69) is 11.1 Å². The number of methoxy groups -OCH3 is 3. The molecule has 0 bridgehead atoms. The number of hydrogen-bond donors (Lipinski definition) is 1. The van der Waals surface area contributed by atoms with Crippen LogP contribution in [0.4, 0.5) is 0 Å². The summed E-state index contributed by atoms with van der Waals surface area (Å²) in [6, 6.07) is 22.2. The van der Waals surface area contributed by atoms with Gasteiger partial charge in [-0.05, 0) is 24.3 Å². The summed E-state index contributed by atoms with van der Waals surface area (Å²) in [7, 11) is 4.66. The number of H-pyrrole nitrogens is 1. The number of Topliss-reactive ketones (excluding diaryl/α,β-unsaturated/α-hetero) is 1. The molecule has 0 aliphatic heterocycles. The summed E-state index contributed by atoms with van der Waals surface area (Å²) in [5.41, 5.74) is 3.58. The van der Waals surface area contributed by atoms with Crippen molar-refractivity contribution in [3.05, 3.63) is 83.4 Å². The Bertz CT molecular complexity index is 1370. The first-order valence-electron chi connectivity index (χ1n) is 10.2. The number of nitrogens with zero attached hydrogens (tertiary/aromatic N) is 1. The molecule has 0 spiro atoms. The molecular formula is C27H22N2O4. The maximum absolute atomic E-state index is 13.0. The highest BCUT2D eigenvalue weighted by molar-refractivity contribution is 6.15. The van der Waals surface area contributed by atoms with Gasteiger partial charge in [0, 0.05) is 27.6 Å². The number of ether oxygens (including phenoxy) is 3. The molecule has 33 heavy (non-hydrogen) atoms. The molecule has 6 heteroatoms. The van der Waals surface area contributed by atoms with Crippen LogP contribution in [-0.2, 0) is 0 Å². The fourth-order valence-electron chi connectivity index (χ4n) is 3.80. The van der Waals surface area contributed by atoms with Crippen molar-refractivity contribution >= 4 is 22.8 Å². The number of hydrogen-bond acceptors (Lipinski definition) is 5. The third kappa shape index (κ3) is 4.04. The fraction of sp³-hybridized carbons (Fsp3) is 0.111. The first-order chi connectivity index (χ1) is 16.1. The second-order valence-electron chi connectivity index (χ2n) is 7.24. The number of carbonyl (C=O) groups excluding carboxylic acids is 1. The number of benzene rings is 3. The van der Waals surface area contributed by atoms with Crippen LogP contribution in [0.1, 0.15) is 15.9 Å². The Kier molecular flexibility index (Phi) is 6.14. The zero-order chi connectivity index (χ0) is 23.4. The van der Waals surface area contributed by atoms with Gasteiger partial charge in [-0.15, -0.1) is 0 Å². The summed E-state index contributed by atoms with van der Waals surface area (Å²) in [4.78, 5) is 16.4. The lowest BCUT2D eigenvalue weighted by Crippen LogP contribution is -2.01. The van der Waals surface area contributed by atoms with Crippen molar-refractivity contribution in [3.8, 4) is 34.6 Å². The Morgan fingerprint density at radius 3 is 2.15 bits per heavy atom. The van der Waals surface area contributed by atoms with Crippen LogP contribution in [0.15, 0.2) is 72.3 Å². The lowest BCUT2D eigenvalue weighted by Gasteiger charge is -2.14. The van der Waals surface area contributed by atoms with Crippen LogP contribution in [0.2, 0.25) is 0 Å². The predicted molar refractivity (Wildman–Crippen MR) is 128 cm³/mol. The number of nitriles is 1. The van der Waals surface area contributed by atoms with Crippen LogP contribution >= 0.6 is 0 Å². The van der Waals surface area contributed by atoms with Gasteiger partial charge in [-0.3, -0.25) is 4.79 Å².